The lowest BCUT2D eigenvalue weighted by atomic mass is 9.90. The molecule has 5 heteroatoms. The third kappa shape index (κ3) is 2.79. The van der Waals surface area contributed by atoms with E-state index in [1.807, 2.05) is 0 Å². The fraction of sp³-hybridized carbons (Fsp3) is 0.600. The number of nitrogens with one attached hydrogen (secondary N) is 1. The van der Waals surface area contributed by atoms with Crippen LogP contribution in [0.15, 0.2) is 12.7 Å². The van der Waals surface area contributed by atoms with Gasteiger partial charge in [0.1, 0.15) is 5.54 Å². The monoisotopic (exact) mass is 213 g/mol. The third-order valence-corrected chi connectivity index (χ3v) is 2.46. The first-order valence-electron chi connectivity index (χ1n) is 4.84. The maximum absolute atomic E-state index is 11.3. The van der Waals surface area contributed by atoms with Gasteiger partial charge < -0.3 is 15.2 Å². The van der Waals surface area contributed by atoms with Crippen LogP contribution in [0.1, 0.15) is 19.3 Å². The summed E-state index contributed by atoms with van der Waals surface area (Å²) >= 11 is 0. The summed E-state index contributed by atoms with van der Waals surface area (Å²) in [5.74, 6) is -1.31. The van der Waals surface area contributed by atoms with Crippen molar-refractivity contribution in [3.8, 4) is 0 Å². The smallest absolute Gasteiger partial charge is 0.329 e. The van der Waals surface area contributed by atoms with E-state index in [9.17, 15) is 9.59 Å². The molecule has 1 aliphatic rings. The van der Waals surface area contributed by atoms with Crippen LogP contribution in [0, 0.1) is 0 Å². The number of carbonyl (C=O) groups excluding carboxylic acids is 1. The quantitative estimate of drug-likeness (QED) is 0.659. The van der Waals surface area contributed by atoms with Gasteiger partial charge in [0.25, 0.3) is 0 Å². The SMILES string of the molecule is C=CCC(=O)NC1(C(=O)O)CCOCC1. The summed E-state index contributed by atoms with van der Waals surface area (Å²) in [4.78, 5) is 22.5. The molecule has 1 aliphatic heterocycles. The predicted octanol–water partition coefficient (Wildman–Crippen LogP) is 0.312. The topological polar surface area (TPSA) is 75.6 Å². The molecule has 15 heavy (non-hydrogen) atoms. The number of carbonyl (C=O) groups is 2. The summed E-state index contributed by atoms with van der Waals surface area (Å²) in [5.41, 5.74) is -1.15. The van der Waals surface area contributed by atoms with E-state index in [2.05, 4.69) is 11.9 Å². The Labute approximate surface area is 88.1 Å². The van der Waals surface area contributed by atoms with Gasteiger partial charge in [0.15, 0.2) is 0 Å². The molecule has 0 aromatic rings. The first-order valence-corrected chi connectivity index (χ1v) is 4.84. The minimum Gasteiger partial charge on any atom is -0.480 e. The molecule has 0 radical (unpaired) electrons. The maximum atomic E-state index is 11.3. The summed E-state index contributed by atoms with van der Waals surface area (Å²) in [6.07, 6.45) is 2.20. The number of ether oxygens (including phenoxy) is 1. The highest BCUT2D eigenvalue weighted by atomic mass is 16.5. The molecule has 84 valence electrons. The molecular weight excluding hydrogens is 198 g/mol. The van der Waals surface area contributed by atoms with Crippen LogP contribution in [0.4, 0.5) is 0 Å². The molecule has 0 spiro atoms. The maximum Gasteiger partial charge on any atom is 0.329 e. The number of rotatable bonds is 4. The molecule has 1 fully saturated rings. The number of aliphatic carboxylic acids is 1. The van der Waals surface area contributed by atoms with Gasteiger partial charge in [-0.2, -0.15) is 0 Å². The summed E-state index contributed by atoms with van der Waals surface area (Å²) in [6.45, 7) is 4.15. The molecule has 5 nitrogen and oxygen atoms in total. The van der Waals surface area contributed by atoms with Crippen molar-refractivity contribution in [1.29, 1.82) is 0 Å². The molecule has 0 bridgehead atoms. The van der Waals surface area contributed by atoms with Gasteiger partial charge in [0.05, 0.1) is 0 Å². The Kier molecular flexibility index (Phi) is 3.85. The molecular formula is C10H15NO4. The number of carboxylic acids is 1. The molecule has 0 atom stereocenters. The van der Waals surface area contributed by atoms with Gasteiger partial charge in [-0.05, 0) is 0 Å². The van der Waals surface area contributed by atoms with Gasteiger partial charge in [-0.1, -0.05) is 6.08 Å². The number of hydrogen-bond donors (Lipinski definition) is 2. The minimum absolute atomic E-state index is 0.135. The molecule has 0 unspecified atom stereocenters. The first kappa shape index (κ1) is 11.7. The van der Waals surface area contributed by atoms with E-state index >= 15 is 0 Å². The fourth-order valence-corrected chi connectivity index (χ4v) is 1.56. The van der Waals surface area contributed by atoms with Gasteiger partial charge in [-0.3, -0.25) is 4.79 Å². The van der Waals surface area contributed by atoms with Crippen LogP contribution < -0.4 is 5.32 Å². The van der Waals surface area contributed by atoms with Crippen molar-refractivity contribution in [2.75, 3.05) is 13.2 Å². The van der Waals surface area contributed by atoms with Crippen LogP contribution in [0.5, 0.6) is 0 Å². The van der Waals surface area contributed by atoms with Crippen LogP contribution in [0.2, 0.25) is 0 Å². The van der Waals surface area contributed by atoms with Crippen molar-refractivity contribution in [3.63, 3.8) is 0 Å². The van der Waals surface area contributed by atoms with Crippen molar-refractivity contribution < 1.29 is 19.4 Å². The highest BCUT2D eigenvalue weighted by molar-refractivity contribution is 5.87. The van der Waals surface area contributed by atoms with E-state index in [0.29, 0.717) is 26.1 Å². The first-order chi connectivity index (χ1) is 7.10. The molecule has 0 aromatic carbocycles. The largest absolute Gasteiger partial charge is 0.480 e. The Balaban J connectivity index is 2.68. The van der Waals surface area contributed by atoms with Crippen molar-refractivity contribution in [1.82, 2.24) is 5.32 Å². The Morgan fingerprint density at radius 2 is 2.07 bits per heavy atom. The van der Waals surface area contributed by atoms with E-state index in [4.69, 9.17) is 9.84 Å². The Bertz CT molecular complexity index is 269. The Hall–Kier alpha value is -1.36. The highest BCUT2D eigenvalue weighted by Crippen LogP contribution is 2.21. The lowest BCUT2D eigenvalue weighted by molar-refractivity contribution is -0.152. The van der Waals surface area contributed by atoms with Crippen molar-refractivity contribution in [2.45, 2.75) is 24.8 Å². The lowest BCUT2D eigenvalue weighted by Crippen LogP contribution is -2.57. The van der Waals surface area contributed by atoms with Crippen molar-refractivity contribution in [3.05, 3.63) is 12.7 Å². The standard InChI is InChI=1S/C10H15NO4/c1-2-3-8(12)11-10(9(13)14)4-6-15-7-5-10/h2H,1,3-7H2,(H,11,12)(H,13,14). The van der Waals surface area contributed by atoms with Crippen LogP contribution in [-0.2, 0) is 14.3 Å². The Morgan fingerprint density at radius 3 is 2.53 bits per heavy atom. The number of amides is 1. The fourth-order valence-electron chi connectivity index (χ4n) is 1.56. The predicted molar refractivity (Wildman–Crippen MR) is 53.4 cm³/mol. The second-order valence-corrected chi connectivity index (χ2v) is 3.54. The van der Waals surface area contributed by atoms with Crippen molar-refractivity contribution in [2.24, 2.45) is 0 Å². The van der Waals surface area contributed by atoms with Crippen molar-refractivity contribution >= 4 is 11.9 Å². The minimum atomic E-state index is -1.15. The summed E-state index contributed by atoms with van der Waals surface area (Å²) < 4.78 is 5.08. The molecule has 0 aliphatic carbocycles. The summed E-state index contributed by atoms with van der Waals surface area (Å²) in [5, 5.41) is 11.7. The van der Waals surface area contributed by atoms with Gasteiger partial charge >= 0.3 is 5.97 Å². The average Bonchev–Trinajstić information content (AvgIpc) is 2.19. The van der Waals surface area contributed by atoms with E-state index in [1.54, 1.807) is 0 Å². The molecule has 1 saturated heterocycles. The molecule has 2 N–H and O–H groups in total. The van der Waals surface area contributed by atoms with Crippen LogP contribution in [-0.4, -0.2) is 35.7 Å². The van der Waals surface area contributed by atoms with Gasteiger partial charge in [0, 0.05) is 32.5 Å². The molecule has 1 rings (SSSR count). The van der Waals surface area contributed by atoms with Crippen LogP contribution in [0.25, 0.3) is 0 Å². The van der Waals surface area contributed by atoms with Crippen LogP contribution >= 0.6 is 0 Å². The Morgan fingerprint density at radius 1 is 1.47 bits per heavy atom. The van der Waals surface area contributed by atoms with Gasteiger partial charge in [-0.15, -0.1) is 6.58 Å². The molecule has 0 aromatic heterocycles. The number of carboxylic acid groups (broad SMARTS) is 1. The second kappa shape index (κ2) is 4.93. The van der Waals surface area contributed by atoms with Gasteiger partial charge in [0.2, 0.25) is 5.91 Å². The number of hydrogen-bond acceptors (Lipinski definition) is 3. The normalized spacial score (nSPS) is 19.2. The van der Waals surface area contributed by atoms with Gasteiger partial charge in [-0.25, -0.2) is 4.79 Å². The van der Waals surface area contributed by atoms with E-state index < -0.39 is 11.5 Å². The van der Waals surface area contributed by atoms with E-state index in [1.165, 1.54) is 6.08 Å². The van der Waals surface area contributed by atoms with E-state index in [-0.39, 0.29) is 12.3 Å². The molecule has 1 amide bonds. The summed E-state index contributed by atoms with van der Waals surface area (Å²) in [6, 6.07) is 0. The zero-order chi connectivity index (χ0) is 11.3. The van der Waals surface area contributed by atoms with Crippen LogP contribution in [0.3, 0.4) is 0 Å². The average molecular weight is 213 g/mol. The zero-order valence-corrected chi connectivity index (χ0v) is 8.49. The zero-order valence-electron chi connectivity index (χ0n) is 8.49. The molecule has 1 heterocycles. The lowest BCUT2D eigenvalue weighted by Gasteiger charge is -2.33. The third-order valence-electron chi connectivity index (χ3n) is 2.46. The summed E-state index contributed by atoms with van der Waals surface area (Å²) in [7, 11) is 0. The second-order valence-electron chi connectivity index (χ2n) is 3.54. The van der Waals surface area contributed by atoms with E-state index in [0.717, 1.165) is 0 Å². The highest BCUT2D eigenvalue weighted by Gasteiger charge is 2.41. The molecule has 0 saturated carbocycles.